The molecule has 8 nitrogen and oxygen atoms in total. The van der Waals surface area contributed by atoms with E-state index >= 15 is 0 Å². The fourth-order valence-electron chi connectivity index (χ4n) is 1.70. The van der Waals surface area contributed by atoms with Crippen molar-refractivity contribution >= 4 is 29.5 Å². The number of methoxy groups -OCH3 is 1. The summed E-state index contributed by atoms with van der Waals surface area (Å²) in [5, 5.41) is 8.06. The predicted molar refractivity (Wildman–Crippen MR) is 86.2 cm³/mol. The van der Waals surface area contributed by atoms with Crippen LogP contribution in [-0.4, -0.2) is 35.6 Å². The molecule has 0 atom stereocenters. The van der Waals surface area contributed by atoms with Crippen molar-refractivity contribution in [1.29, 1.82) is 0 Å². The minimum atomic E-state index is -0.484. The van der Waals surface area contributed by atoms with Crippen LogP contribution in [0.15, 0.2) is 46.9 Å². The van der Waals surface area contributed by atoms with Gasteiger partial charge >= 0.3 is 11.9 Å². The zero-order valence-corrected chi connectivity index (χ0v) is 13.2. The molecule has 0 spiro atoms. The van der Waals surface area contributed by atoms with E-state index in [1.54, 1.807) is 31.2 Å². The summed E-state index contributed by atoms with van der Waals surface area (Å²) in [6.07, 6.45) is 4.19. The highest BCUT2D eigenvalue weighted by Crippen LogP contribution is 2.20. The van der Waals surface area contributed by atoms with Gasteiger partial charge < -0.3 is 14.5 Å². The molecule has 1 N–H and O–H groups in total. The number of rotatable bonds is 6. The lowest BCUT2D eigenvalue weighted by atomic mass is 10.2. The number of nitrogens with one attached hydrogen (secondary N) is 1. The molecular formula is C16H16N4O4. The molecule has 124 valence electrons. The van der Waals surface area contributed by atoms with Gasteiger partial charge in [-0.05, 0) is 37.3 Å². The van der Waals surface area contributed by atoms with Gasteiger partial charge in [-0.2, -0.15) is 0 Å². The number of azo groups is 1. The minimum Gasteiger partial charge on any atom is -0.466 e. The molecule has 2 rings (SSSR count). The van der Waals surface area contributed by atoms with Crippen molar-refractivity contribution < 1.29 is 19.1 Å². The number of hydrogen-bond acceptors (Lipinski definition) is 7. The van der Waals surface area contributed by atoms with Crippen LogP contribution in [0.4, 0.5) is 11.5 Å². The van der Waals surface area contributed by atoms with E-state index in [2.05, 4.69) is 24.9 Å². The number of aromatic nitrogens is 2. The van der Waals surface area contributed by atoms with Gasteiger partial charge in [0.1, 0.15) is 0 Å². The van der Waals surface area contributed by atoms with Gasteiger partial charge in [-0.1, -0.05) is 0 Å². The standard InChI is InChI=1S/C16H16N4O4/c1-3-24-16(22)11-4-6-12(7-5-11)19-20-15-13(17-10-18-15)8-9-14(21)23-2/h4-10H,3H2,1-2H3,(H,17,18)/b9-8+,20-19?. The normalized spacial score (nSPS) is 11.1. The lowest BCUT2D eigenvalue weighted by Crippen LogP contribution is -2.03. The molecule has 2 aromatic rings. The second-order valence-electron chi connectivity index (χ2n) is 4.46. The van der Waals surface area contributed by atoms with Crippen LogP contribution in [0, 0.1) is 0 Å². The maximum absolute atomic E-state index is 11.6. The molecule has 1 heterocycles. The fraction of sp³-hybridized carbons (Fsp3) is 0.188. The number of aromatic amines is 1. The summed E-state index contributed by atoms with van der Waals surface area (Å²) in [5.41, 5.74) is 1.51. The Morgan fingerprint density at radius 3 is 2.67 bits per heavy atom. The van der Waals surface area contributed by atoms with Crippen LogP contribution >= 0.6 is 0 Å². The van der Waals surface area contributed by atoms with E-state index in [1.165, 1.54) is 25.6 Å². The molecule has 0 radical (unpaired) electrons. The molecule has 0 amide bonds. The Bertz CT molecular complexity index is 763. The number of ether oxygens (including phenoxy) is 2. The number of benzene rings is 1. The quantitative estimate of drug-likeness (QED) is 0.498. The van der Waals surface area contributed by atoms with Gasteiger partial charge in [0.25, 0.3) is 0 Å². The van der Waals surface area contributed by atoms with E-state index in [-0.39, 0.29) is 5.97 Å². The first-order valence-corrected chi connectivity index (χ1v) is 7.12. The number of nitrogens with zero attached hydrogens (tertiary/aromatic N) is 3. The molecule has 0 unspecified atom stereocenters. The molecule has 0 saturated carbocycles. The zero-order valence-electron chi connectivity index (χ0n) is 13.2. The highest BCUT2D eigenvalue weighted by Gasteiger charge is 2.06. The van der Waals surface area contributed by atoms with Gasteiger partial charge in [0, 0.05) is 6.08 Å². The average molecular weight is 328 g/mol. The summed E-state index contributed by atoms with van der Waals surface area (Å²) in [6.45, 7) is 2.07. The Morgan fingerprint density at radius 2 is 2.00 bits per heavy atom. The molecule has 8 heteroatoms. The van der Waals surface area contributed by atoms with Crippen LogP contribution in [0.25, 0.3) is 6.08 Å². The van der Waals surface area contributed by atoms with Crippen LogP contribution in [0.2, 0.25) is 0 Å². The topological polar surface area (TPSA) is 106 Å². The number of hydrogen-bond donors (Lipinski definition) is 1. The van der Waals surface area contributed by atoms with Crippen molar-refractivity contribution in [2.45, 2.75) is 6.92 Å². The monoisotopic (exact) mass is 328 g/mol. The Kier molecular flexibility index (Phi) is 5.95. The maximum Gasteiger partial charge on any atom is 0.338 e. The van der Waals surface area contributed by atoms with Crippen LogP contribution in [0.5, 0.6) is 0 Å². The summed E-state index contributed by atoms with van der Waals surface area (Å²) in [4.78, 5) is 29.5. The van der Waals surface area contributed by atoms with E-state index in [0.29, 0.717) is 29.4 Å². The van der Waals surface area contributed by atoms with E-state index < -0.39 is 5.97 Å². The van der Waals surface area contributed by atoms with Crippen molar-refractivity contribution in [2.75, 3.05) is 13.7 Å². The van der Waals surface area contributed by atoms with Gasteiger partial charge in [-0.3, -0.25) is 0 Å². The molecule has 0 aliphatic heterocycles. The third-order valence-corrected chi connectivity index (χ3v) is 2.87. The summed E-state index contributed by atoms with van der Waals surface area (Å²) in [7, 11) is 1.29. The minimum absolute atomic E-state index is 0.321. The van der Waals surface area contributed by atoms with Gasteiger partial charge in [0.05, 0.1) is 37.0 Å². The smallest absolute Gasteiger partial charge is 0.338 e. The maximum atomic E-state index is 11.6. The lowest BCUT2D eigenvalue weighted by molar-refractivity contribution is -0.134. The highest BCUT2D eigenvalue weighted by molar-refractivity contribution is 5.89. The van der Waals surface area contributed by atoms with Crippen molar-refractivity contribution in [3.05, 3.63) is 47.9 Å². The van der Waals surface area contributed by atoms with Crippen LogP contribution < -0.4 is 0 Å². The average Bonchev–Trinajstić information content (AvgIpc) is 3.06. The van der Waals surface area contributed by atoms with Crippen LogP contribution in [-0.2, 0) is 14.3 Å². The molecule has 0 aliphatic carbocycles. The number of esters is 2. The van der Waals surface area contributed by atoms with Crippen molar-refractivity contribution in [2.24, 2.45) is 10.2 Å². The lowest BCUT2D eigenvalue weighted by Gasteiger charge is -2.01. The van der Waals surface area contributed by atoms with E-state index in [9.17, 15) is 9.59 Å². The first kappa shape index (κ1) is 17.1. The fourth-order valence-corrected chi connectivity index (χ4v) is 1.70. The van der Waals surface area contributed by atoms with E-state index in [1.807, 2.05) is 0 Å². The SMILES string of the molecule is CCOC(=O)c1ccc(N=Nc2nc[nH]c2/C=C/C(=O)OC)cc1. The molecule has 0 saturated heterocycles. The highest BCUT2D eigenvalue weighted by atomic mass is 16.5. The van der Waals surface area contributed by atoms with Gasteiger partial charge in [-0.25, -0.2) is 14.6 Å². The number of carbonyl (C=O) groups is 2. The van der Waals surface area contributed by atoms with Gasteiger partial charge in [0.15, 0.2) is 5.82 Å². The number of H-pyrrole nitrogens is 1. The van der Waals surface area contributed by atoms with Crippen molar-refractivity contribution in [3.63, 3.8) is 0 Å². The van der Waals surface area contributed by atoms with E-state index in [0.717, 1.165) is 0 Å². The number of imidazole rings is 1. The molecule has 1 aromatic carbocycles. The largest absolute Gasteiger partial charge is 0.466 e. The molecule has 0 aliphatic rings. The van der Waals surface area contributed by atoms with Crippen molar-refractivity contribution in [1.82, 2.24) is 9.97 Å². The predicted octanol–water partition coefficient (Wildman–Crippen LogP) is 3.19. The Morgan fingerprint density at radius 1 is 1.25 bits per heavy atom. The summed E-state index contributed by atoms with van der Waals surface area (Å²) < 4.78 is 9.42. The molecule has 1 aromatic heterocycles. The third-order valence-electron chi connectivity index (χ3n) is 2.87. The Hall–Kier alpha value is -3.29. The van der Waals surface area contributed by atoms with Crippen LogP contribution in [0.3, 0.4) is 0 Å². The second-order valence-corrected chi connectivity index (χ2v) is 4.46. The summed E-state index contributed by atoms with van der Waals surface area (Å²) in [5.74, 6) is -0.546. The van der Waals surface area contributed by atoms with Gasteiger partial charge in [0.2, 0.25) is 0 Å². The first-order chi connectivity index (χ1) is 11.6. The van der Waals surface area contributed by atoms with E-state index in [4.69, 9.17) is 4.74 Å². The third kappa shape index (κ3) is 4.60. The Labute approximate surface area is 138 Å². The summed E-state index contributed by atoms with van der Waals surface area (Å²) >= 11 is 0. The van der Waals surface area contributed by atoms with Gasteiger partial charge in [-0.15, -0.1) is 10.2 Å². The molecule has 24 heavy (non-hydrogen) atoms. The summed E-state index contributed by atoms with van der Waals surface area (Å²) in [6, 6.07) is 6.50. The molecular weight excluding hydrogens is 312 g/mol. The zero-order chi connectivity index (χ0) is 17.4. The molecule has 0 bridgehead atoms. The van der Waals surface area contributed by atoms with Crippen LogP contribution in [0.1, 0.15) is 23.0 Å². The second kappa shape index (κ2) is 8.37. The Balaban J connectivity index is 2.09. The number of carbonyl (C=O) groups excluding carboxylic acids is 2. The molecule has 0 fully saturated rings. The van der Waals surface area contributed by atoms with Crippen molar-refractivity contribution in [3.8, 4) is 0 Å². The first-order valence-electron chi connectivity index (χ1n) is 7.12.